The third kappa shape index (κ3) is 2.51. The van der Waals surface area contributed by atoms with Gasteiger partial charge in [-0.05, 0) is 49.5 Å². The van der Waals surface area contributed by atoms with E-state index in [1.165, 1.54) is 6.42 Å². The molecule has 1 atom stereocenters. The molecule has 1 aromatic carbocycles. The highest BCUT2D eigenvalue weighted by molar-refractivity contribution is 8.18. The van der Waals surface area contributed by atoms with Gasteiger partial charge in [-0.2, -0.15) is 0 Å². The van der Waals surface area contributed by atoms with Gasteiger partial charge in [0.25, 0.3) is 0 Å². The van der Waals surface area contributed by atoms with Crippen LogP contribution in [-0.4, -0.2) is 27.8 Å². The summed E-state index contributed by atoms with van der Waals surface area (Å²) in [7, 11) is 1.65. The third-order valence-corrected chi connectivity index (χ3v) is 7.15. The molecule has 0 spiro atoms. The molecule has 0 radical (unpaired) electrons. The number of hydrogen-bond donors (Lipinski definition) is 1. The van der Waals surface area contributed by atoms with Gasteiger partial charge >= 0.3 is 0 Å². The molecule has 0 unspecified atom stereocenters. The normalized spacial score (nSPS) is 22.2. The highest BCUT2D eigenvalue weighted by atomic mass is 32.2. The average molecular weight is 284 g/mol. The number of benzene rings is 1. The van der Waals surface area contributed by atoms with E-state index in [0.29, 0.717) is 0 Å². The maximum Gasteiger partial charge on any atom is 0.119 e. The van der Waals surface area contributed by atoms with Gasteiger partial charge in [0, 0.05) is 0 Å². The molecule has 18 heavy (non-hydrogen) atoms. The van der Waals surface area contributed by atoms with Crippen LogP contribution in [0.3, 0.4) is 0 Å². The average Bonchev–Trinajstić information content (AvgIpc) is 2.39. The standard InChI is InChI=1S/C14H20O2S2/c1-13(15,14(2)17-8-5-9-18-14)11-6-4-7-12(10-11)16-3/h4,6-7,10,15H,5,8-9H2,1-3H3/t13-/m1/s1. The Morgan fingerprint density at radius 2 is 2.00 bits per heavy atom. The van der Waals surface area contributed by atoms with Crippen LogP contribution in [0.1, 0.15) is 25.8 Å². The van der Waals surface area contributed by atoms with E-state index in [1.807, 2.05) is 54.7 Å². The van der Waals surface area contributed by atoms with Gasteiger partial charge < -0.3 is 9.84 Å². The lowest BCUT2D eigenvalue weighted by Gasteiger charge is -2.44. The van der Waals surface area contributed by atoms with Gasteiger partial charge in [-0.15, -0.1) is 23.5 Å². The van der Waals surface area contributed by atoms with Gasteiger partial charge in [0.05, 0.1) is 11.2 Å². The first-order valence-corrected chi connectivity index (χ1v) is 8.11. The summed E-state index contributed by atoms with van der Waals surface area (Å²) in [5.74, 6) is 3.02. The summed E-state index contributed by atoms with van der Waals surface area (Å²) in [6, 6.07) is 7.75. The molecule has 2 rings (SSSR count). The number of rotatable bonds is 3. The van der Waals surface area contributed by atoms with Gasteiger partial charge in [0.2, 0.25) is 0 Å². The number of thioether (sulfide) groups is 2. The summed E-state index contributed by atoms with van der Waals surface area (Å²) in [5.41, 5.74) is 0.0587. The Hall–Kier alpha value is -0.320. The highest BCUT2D eigenvalue weighted by Gasteiger charge is 2.46. The summed E-state index contributed by atoms with van der Waals surface area (Å²) in [4.78, 5) is 0. The molecule has 0 aromatic heterocycles. The molecule has 1 N–H and O–H groups in total. The second-order valence-corrected chi connectivity index (χ2v) is 8.09. The number of hydrogen-bond acceptors (Lipinski definition) is 4. The first-order chi connectivity index (χ1) is 8.49. The molecule has 1 aromatic rings. The van der Waals surface area contributed by atoms with E-state index in [4.69, 9.17) is 4.74 Å². The maximum atomic E-state index is 11.0. The molecule has 0 amide bonds. The second-order valence-electron chi connectivity index (χ2n) is 4.80. The maximum absolute atomic E-state index is 11.0. The van der Waals surface area contributed by atoms with Crippen LogP contribution >= 0.6 is 23.5 Å². The predicted octanol–water partition coefficient (Wildman–Crippen LogP) is 3.49. The van der Waals surface area contributed by atoms with Crippen LogP contribution in [0.5, 0.6) is 5.75 Å². The molecule has 1 heterocycles. The van der Waals surface area contributed by atoms with Crippen molar-refractivity contribution in [3.8, 4) is 5.75 Å². The summed E-state index contributed by atoms with van der Waals surface area (Å²) in [6.45, 7) is 4.05. The van der Waals surface area contributed by atoms with E-state index in [0.717, 1.165) is 22.8 Å². The van der Waals surface area contributed by atoms with Crippen LogP contribution in [-0.2, 0) is 5.60 Å². The van der Waals surface area contributed by atoms with Gasteiger partial charge in [0.15, 0.2) is 0 Å². The van der Waals surface area contributed by atoms with Crippen molar-refractivity contribution in [3.05, 3.63) is 29.8 Å². The lowest BCUT2D eigenvalue weighted by Crippen LogP contribution is -2.44. The highest BCUT2D eigenvalue weighted by Crippen LogP contribution is 2.53. The molecule has 1 aliphatic rings. The Bertz CT molecular complexity index is 412. The molecule has 100 valence electrons. The molecule has 0 bridgehead atoms. The molecule has 2 nitrogen and oxygen atoms in total. The van der Waals surface area contributed by atoms with Crippen molar-refractivity contribution in [2.24, 2.45) is 0 Å². The first-order valence-electron chi connectivity index (χ1n) is 6.14. The second kappa shape index (κ2) is 5.35. The summed E-state index contributed by atoms with van der Waals surface area (Å²) in [5, 5.41) is 11.0. The lowest BCUT2D eigenvalue weighted by molar-refractivity contribution is 0.0485. The summed E-state index contributed by atoms with van der Waals surface area (Å²) < 4.78 is 5.05. The van der Waals surface area contributed by atoms with Crippen molar-refractivity contribution < 1.29 is 9.84 Å². The van der Waals surface area contributed by atoms with Gasteiger partial charge in [-0.3, -0.25) is 0 Å². The zero-order valence-electron chi connectivity index (χ0n) is 11.1. The predicted molar refractivity (Wildman–Crippen MR) is 80.5 cm³/mol. The van der Waals surface area contributed by atoms with Crippen molar-refractivity contribution in [1.29, 1.82) is 0 Å². The Kier molecular flexibility index (Phi) is 4.19. The third-order valence-electron chi connectivity index (χ3n) is 3.56. The van der Waals surface area contributed by atoms with Crippen LogP contribution < -0.4 is 4.74 Å². The van der Waals surface area contributed by atoms with Crippen molar-refractivity contribution in [3.63, 3.8) is 0 Å². The van der Waals surface area contributed by atoms with Crippen LogP contribution in [0, 0.1) is 0 Å². The summed E-state index contributed by atoms with van der Waals surface area (Å²) in [6.07, 6.45) is 1.22. The zero-order valence-corrected chi connectivity index (χ0v) is 12.7. The van der Waals surface area contributed by atoms with Crippen LogP contribution in [0.15, 0.2) is 24.3 Å². The van der Waals surface area contributed by atoms with Crippen molar-refractivity contribution in [2.75, 3.05) is 18.6 Å². The quantitative estimate of drug-likeness (QED) is 0.920. The first kappa shape index (κ1) is 14.1. The van der Waals surface area contributed by atoms with E-state index in [2.05, 4.69) is 6.92 Å². The Morgan fingerprint density at radius 3 is 2.61 bits per heavy atom. The van der Waals surface area contributed by atoms with E-state index >= 15 is 0 Å². The Balaban J connectivity index is 2.33. The fourth-order valence-electron chi connectivity index (χ4n) is 2.10. The van der Waals surface area contributed by atoms with Gasteiger partial charge in [-0.25, -0.2) is 0 Å². The number of aliphatic hydroxyl groups is 1. The number of ether oxygens (including phenoxy) is 1. The van der Waals surface area contributed by atoms with E-state index in [9.17, 15) is 5.11 Å². The number of methoxy groups -OCH3 is 1. The van der Waals surface area contributed by atoms with Crippen LogP contribution in [0.4, 0.5) is 0 Å². The van der Waals surface area contributed by atoms with Crippen LogP contribution in [0.2, 0.25) is 0 Å². The SMILES string of the molecule is COc1cccc([C@@](C)(O)C2(C)SCCCS2)c1. The zero-order chi connectivity index (χ0) is 13.2. The van der Waals surface area contributed by atoms with Gasteiger partial charge in [0.1, 0.15) is 11.4 Å². The molecule has 4 heteroatoms. The molecule has 1 aliphatic heterocycles. The van der Waals surface area contributed by atoms with E-state index in [-0.39, 0.29) is 4.08 Å². The monoisotopic (exact) mass is 284 g/mol. The van der Waals surface area contributed by atoms with E-state index in [1.54, 1.807) is 7.11 Å². The lowest BCUT2D eigenvalue weighted by atomic mass is 9.92. The minimum Gasteiger partial charge on any atom is -0.497 e. The van der Waals surface area contributed by atoms with Crippen molar-refractivity contribution in [2.45, 2.75) is 29.9 Å². The molecule has 0 aliphatic carbocycles. The van der Waals surface area contributed by atoms with Gasteiger partial charge in [-0.1, -0.05) is 12.1 Å². The fraction of sp³-hybridized carbons (Fsp3) is 0.571. The molecule has 0 saturated carbocycles. The molecule has 1 fully saturated rings. The van der Waals surface area contributed by atoms with E-state index < -0.39 is 5.60 Å². The van der Waals surface area contributed by atoms with Crippen LogP contribution in [0.25, 0.3) is 0 Å². The Morgan fingerprint density at radius 1 is 1.33 bits per heavy atom. The largest absolute Gasteiger partial charge is 0.497 e. The van der Waals surface area contributed by atoms with Crippen molar-refractivity contribution in [1.82, 2.24) is 0 Å². The molecular weight excluding hydrogens is 264 g/mol. The fourth-order valence-corrected chi connectivity index (χ4v) is 5.27. The molecular formula is C14H20O2S2. The smallest absolute Gasteiger partial charge is 0.119 e. The topological polar surface area (TPSA) is 29.5 Å². The summed E-state index contributed by atoms with van der Waals surface area (Å²) >= 11 is 3.71. The molecule has 1 saturated heterocycles. The minimum atomic E-state index is -0.864. The Labute approximate surface area is 117 Å². The minimum absolute atomic E-state index is 0.197. The van der Waals surface area contributed by atoms with Crippen molar-refractivity contribution >= 4 is 23.5 Å².